The number of aromatic nitrogens is 1. The normalized spacial score (nSPS) is 11.1. The van der Waals surface area contributed by atoms with E-state index in [-0.39, 0.29) is 0 Å². The summed E-state index contributed by atoms with van der Waals surface area (Å²) in [7, 11) is 1.62. The SMILES string of the molecule is CCCCOc1ccc(/C=C(\C#N)c2nc(C)cs2)cc1OC. The maximum absolute atomic E-state index is 9.37. The van der Waals surface area contributed by atoms with Gasteiger partial charge in [0.05, 0.1) is 19.3 Å². The number of thiazole rings is 1. The maximum atomic E-state index is 9.37. The Morgan fingerprint density at radius 3 is 2.83 bits per heavy atom. The highest BCUT2D eigenvalue weighted by atomic mass is 32.1. The lowest BCUT2D eigenvalue weighted by Gasteiger charge is -2.11. The fraction of sp³-hybridized carbons (Fsp3) is 0.333. The maximum Gasteiger partial charge on any atom is 0.161 e. The van der Waals surface area contributed by atoms with E-state index in [1.54, 1.807) is 7.11 Å². The molecule has 0 bridgehead atoms. The van der Waals surface area contributed by atoms with Gasteiger partial charge in [0, 0.05) is 11.1 Å². The minimum Gasteiger partial charge on any atom is -0.493 e. The molecule has 2 rings (SSSR count). The van der Waals surface area contributed by atoms with Gasteiger partial charge in [-0.1, -0.05) is 19.4 Å². The largest absolute Gasteiger partial charge is 0.493 e. The first-order valence-corrected chi connectivity index (χ1v) is 8.41. The first kappa shape index (κ1) is 17.0. The Morgan fingerprint density at radius 2 is 2.22 bits per heavy atom. The van der Waals surface area contributed by atoms with Gasteiger partial charge in [-0.15, -0.1) is 11.3 Å². The minimum absolute atomic E-state index is 0.546. The first-order valence-electron chi connectivity index (χ1n) is 7.53. The predicted octanol–water partition coefficient (Wildman–Crippen LogP) is 4.70. The molecule has 0 N–H and O–H groups in total. The predicted molar refractivity (Wildman–Crippen MR) is 93.7 cm³/mol. The van der Waals surface area contributed by atoms with E-state index < -0.39 is 0 Å². The van der Waals surface area contributed by atoms with Crippen molar-refractivity contribution in [1.29, 1.82) is 5.26 Å². The molecule has 0 aliphatic heterocycles. The molecule has 0 saturated carbocycles. The summed E-state index contributed by atoms with van der Waals surface area (Å²) in [4.78, 5) is 4.36. The van der Waals surface area contributed by atoms with Gasteiger partial charge in [0.1, 0.15) is 11.1 Å². The zero-order chi connectivity index (χ0) is 16.7. The van der Waals surface area contributed by atoms with Gasteiger partial charge in [-0.05, 0) is 37.1 Å². The summed E-state index contributed by atoms with van der Waals surface area (Å²) in [5, 5.41) is 12.0. The molecule has 0 unspecified atom stereocenters. The third-order valence-electron chi connectivity index (χ3n) is 3.22. The van der Waals surface area contributed by atoms with Crippen LogP contribution in [-0.4, -0.2) is 18.7 Å². The van der Waals surface area contributed by atoms with Gasteiger partial charge < -0.3 is 9.47 Å². The first-order chi connectivity index (χ1) is 11.2. The average Bonchev–Trinajstić information content (AvgIpc) is 3.00. The molecule has 4 nitrogen and oxygen atoms in total. The van der Waals surface area contributed by atoms with E-state index >= 15 is 0 Å². The van der Waals surface area contributed by atoms with Gasteiger partial charge in [-0.25, -0.2) is 4.98 Å². The van der Waals surface area contributed by atoms with E-state index in [0.717, 1.165) is 34.9 Å². The Hall–Kier alpha value is -2.32. The van der Waals surface area contributed by atoms with Crippen LogP contribution in [0.4, 0.5) is 0 Å². The number of hydrogen-bond acceptors (Lipinski definition) is 5. The number of nitrogens with zero attached hydrogens (tertiary/aromatic N) is 2. The molecule has 5 heteroatoms. The molecule has 0 amide bonds. The van der Waals surface area contributed by atoms with Crippen LogP contribution in [0.2, 0.25) is 0 Å². The molecule has 0 radical (unpaired) electrons. The van der Waals surface area contributed by atoms with Crippen molar-refractivity contribution in [3.8, 4) is 17.6 Å². The molecule has 0 spiro atoms. The van der Waals surface area contributed by atoms with Crippen molar-refractivity contribution in [3.63, 3.8) is 0 Å². The molecule has 0 saturated heterocycles. The minimum atomic E-state index is 0.546. The summed E-state index contributed by atoms with van der Waals surface area (Å²) in [6.45, 7) is 4.71. The molecule has 1 aromatic carbocycles. The molecular formula is C18H20N2O2S. The van der Waals surface area contributed by atoms with Crippen molar-refractivity contribution in [3.05, 3.63) is 39.8 Å². The van der Waals surface area contributed by atoms with Crippen molar-refractivity contribution in [2.45, 2.75) is 26.7 Å². The zero-order valence-corrected chi connectivity index (χ0v) is 14.4. The molecular weight excluding hydrogens is 308 g/mol. The number of hydrogen-bond donors (Lipinski definition) is 0. The van der Waals surface area contributed by atoms with Crippen LogP contribution in [0.3, 0.4) is 0 Å². The molecule has 1 heterocycles. The van der Waals surface area contributed by atoms with Crippen LogP contribution in [0.25, 0.3) is 11.6 Å². The molecule has 0 atom stereocenters. The van der Waals surface area contributed by atoms with Crippen LogP contribution in [-0.2, 0) is 0 Å². The fourth-order valence-electron chi connectivity index (χ4n) is 2.01. The standard InChI is InChI=1S/C18H20N2O2S/c1-4-5-8-22-16-7-6-14(10-17(16)21-3)9-15(11-19)18-20-13(2)12-23-18/h6-7,9-10,12H,4-5,8H2,1-3H3/b15-9+. The topological polar surface area (TPSA) is 55.1 Å². The van der Waals surface area contributed by atoms with Crippen LogP contribution in [0.5, 0.6) is 11.5 Å². The van der Waals surface area contributed by atoms with E-state index in [0.29, 0.717) is 17.9 Å². The number of allylic oxidation sites excluding steroid dienone is 1. The summed E-state index contributed by atoms with van der Waals surface area (Å²) in [5.41, 5.74) is 2.35. The summed E-state index contributed by atoms with van der Waals surface area (Å²) < 4.78 is 11.1. The molecule has 2 aromatic rings. The van der Waals surface area contributed by atoms with E-state index in [2.05, 4.69) is 18.0 Å². The van der Waals surface area contributed by atoms with E-state index in [1.165, 1.54) is 11.3 Å². The molecule has 120 valence electrons. The van der Waals surface area contributed by atoms with Gasteiger partial charge in [0.25, 0.3) is 0 Å². The van der Waals surface area contributed by atoms with Gasteiger partial charge in [-0.2, -0.15) is 5.26 Å². The number of unbranched alkanes of at least 4 members (excludes halogenated alkanes) is 1. The lowest BCUT2D eigenvalue weighted by Crippen LogP contribution is -1.99. The third-order valence-corrected chi connectivity index (χ3v) is 4.22. The van der Waals surface area contributed by atoms with Crippen LogP contribution >= 0.6 is 11.3 Å². The number of aryl methyl sites for hydroxylation is 1. The number of methoxy groups -OCH3 is 1. The summed E-state index contributed by atoms with van der Waals surface area (Å²) in [6, 6.07) is 7.88. The lowest BCUT2D eigenvalue weighted by molar-refractivity contribution is 0.288. The number of nitriles is 1. The van der Waals surface area contributed by atoms with Crippen molar-refractivity contribution in [2.24, 2.45) is 0 Å². The van der Waals surface area contributed by atoms with Crippen LogP contribution < -0.4 is 9.47 Å². The quantitative estimate of drug-likeness (QED) is 0.546. The van der Waals surface area contributed by atoms with E-state index in [4.69, 9.17) is 9.47 Å². The monoisotopic (exact) mass is 328 g/mol. The van der Waals surface area contributed by atoms with E-state index in [9.17, 15) is 5.26 Å². The smallest absolute Gasteiger partial charge is 0.161 e. The molecule has 0 aliphatic rings. The van der Waals surface area contributed by atoms with Crippen LogP contribution in [0.1, 0.15) is 36.0 Å². The van der Waals surface area contributed by atoms with Crippen LogP contribution in [0.15, 0.2) is 23.6 Å². The molecule has 0 fully saturated rings. The second-order valence-corrected chi connectivity index (χ2v) is 5.93. The second-order valence-electron chi connectivity index (χ2n) is 5.08. The Bertz CT molecular complexity index is 729. The Balaban J connectivity index is 2.25. The Labute approximate surface area is 141 Å². The average molecular weight is 328 g/mol. The summed E-state index contributed by atoms with van der Waals surface area (Å²) in [5.74, 6) is 1.39. The highest BCUT2D eigenvalue weighted by molar-refractivity contribution is 7.11. The molecule has 0 aliphatic carbocycles. The molecule has 1 aromatic heterocycles. The van der Waals surface area contributed by atoms with Gasteiger partial charge in [0.15, 0.2) is 11.5 Å². The second kappa shape index (κ2) is 8.35. The number of rotatable bonds is 7. The fourth-order valence-corrected chi connectivity index (χ4v) is 2.77. The van der Waals surface area contributed by atoms with Crippen molar-refractivity contribution < 1.29 is 9.47 Å². The number of benzene rings is 1. The van der Waals surface area contributed by atoms with E-state index in [1.807, 2.05) is 36.6 Å². The number of ether oxygens (including phenoxy) is 2. The van der Waals surface area contributed by atoms with Crippen molar-refractivity contribution in [1.82, 2.24) is 4.98 Å². The van der Waals surface area contributed by atoms with Crippen molar-refractivity contribution in [2.75, 3.05) is 13.7 Å². The van der Waals surface area contributed by atoms with Crippen LogP contribution in [0, 0.1) is 18.3 Å². The Morgan fingerprint density at radius 1 is 1.39 bits per heavy atom. The molecule has 23 heavy (non-hydrogen) atoms. The highest BCUT2D eigenvalue weighted by Gasteiger charge is 2.08. The summed E-state index contributed by atoms with van der Waals surface area (Å²) in [6.07, 6.45) is 3.91. The zero-order valence-electron chi connectivity index (χ0n) is 13.6. The van der Waals surface area contributed by atoms with Gasteiger partial charge in [0.2, 0.25) is 0 Å². The highest BCUT2D eigenvalue weighted by Crippen LogP contribution is 2.30. The third kappa shape index (κ3) is 4.57. The van der Waals surface area contributed by atoms with Gasteiger partial charge >= 0.3 is 0 Å². The van der Waals surface area contributed by atoms with Crippen molar-refractivity contribution >= 4 is 23.0 Å². The summed E-state index contributed by atoms with van der Waals surface area (Å²) >= 11 is 1.47. The lowest BCUT2D eigenvalue weighted by atomic mass is 10.1. The van der Waals surface area contributed by atoms with Gasteiger partial charge in [-0.3, -0.25) is 0 Å². The Kier molecular flexibility index (Phi) is 6.19.